The molecule has 4 heteroatoms. The van der Waals surface area contributed by atoms with E-state index in [-0.39, 0.29) is 28.2 Å². The number of hydrogen-bond acceptors (Lipinski definition) is 4. The Bertz CT molecular complexity index is 835. The lowest BCUT2D eigenvalue weighted by Gasteiger charge is -2.57. The first kappa shape index (κ1) is 17.2. The second-order valence-corrected chi connectivity index (χ2v) is 9.92. The van der Waals surface area contributed by atoms with Gasteiger partial charge >= 0.3 is 5.97 Å². The van der Waals surface area contributed by atoms with Crippen LogP contribution in [0.15, 0.2) is 23.8 Å². The third-order valence-electron chi connectivity index (χ3n) is 9.07. The average molecular weight is 365 g/mol. The molecule has 27 heavy (non-hydrogen) atoms. The highest BCUT2D eigenvalue weighted by molar-refractivity contribution is 5.96. The van der Waals surface area contributed by atoms with Crippen molar-refractivity contribution in [2.45, 2.75) is 64.4 Å². The molecule has 1 saturated heterocycles. The molecular formula is C23H27NO3. The molecule has 4 nitrogen and oxygen atoms in total. The molecule has 5 rings (SSSR count). The van der Waals surface area contributed by atoms with E-state index in [2.05, 4.69) is 32.1 Å². The number of esters is 1. The predicted molar refractivity (Wildman–Crippen MR) is 99.2 cm³/mol. The molecule has 0 amide bonds. The van der Waals surface area contributed by atoms with Crippen LogP contribution in [0.2, 0.25) is 0 Å². The lowest BCUT2D eigenvalue weighted by Crippen LogP contribution is -2.54. The molecule has 0 bridgehead atoms. The fourth-order valence-electron chi connectivity index (χ4n) is 7.49. The van der Waals surface area contributed by atoms with Gasteiger partial charge in [0.2, 0.25) is 0 Å². The summed E-state index contributed by atoms with van der Waals surface area (Å²) >= 11 is 0. The summed E-state index contributed by atoms with van der Waals surface area (Å²) in [7, 11) is 0. The topological polar surface area (TPSA) is 67.2 Å². The highest BCUT2D eigenvalue weighted by Gasteiger charge is 2.66. The second-order valence-electron chi connectivity index (χ2n) is 9.92. The summed E-state index contributed by atoms with van der Waals surface area (Å²) in [4.78, 5) is 24.2. The number of nitriles is 1. The van der Waals surface area contributed by atoms with Crippen LogP contribution in [0.4, 0.5) is 0 Å². The maximum absolute atomic E-state index is 12.2. The molecule has 0 aromatic rings. The van der Waals surface area contributed by atoms with E-state index >= 15 is 0 Å². The molecule has 3 fully saturated rings. The Morgan fingerprint density at radius 3 is 2.63 bits per heavy atom. The maximum Gasteiger partial charge on any atom is 0.306 e. The van der Waals surface area contributed by atoms with E-state index in [1.54, 1.807) is 6.08 Å². The molecule has 4 aliphatic carbocycles. The van der Waals surface area contributed by atoms with Crippen molar-refractivity contribution in [3.8, 4) is 6.07 Å². The third-order valence-corrected chi connectivity index (χ3v) is 9.07. The molecule has 0 aromatic heterocycles. The molecular weight excluding hydrogens is 338 g/mol. The van der Waals surface area contributed by atoms with Crippen LogP contribution in [-0.2, 0) is 14.3 Å². The van der Waals surface area contributed by atoms with Crippen LogP contribution < -0.4 is 0 Å². The fraction of sp³-hybridized carbons (Fsp3) is 0.696. The summed E-state index contributed by atoms with van der Waals surface area (Å²) in [5, 5.41) is 9.45. The first-order valence-corrected chi connectivity index (χ1v) is 10.4. The number of rotatable bonds is 0. The number of carbonyl (C=O) groups excluding carboxylic acids is 2. The molecule has 1 heterocycles. The predicted octanol–water partition coefficient (Wildman–Crippen LogP) is 4.12. The van der Waals surface area contributed by atoms with E-state index in [0.29, 0.717) is 30.6 Å². The lowest BCUT2D eigenvalue weighted by atomic mass is 9.47. The van der Waals surface area contributed by atoms with Gasteiger partial charge in [0, 0.05) is 11.8 Å². The number of ether oxygens (including phenoxy) is 1. The van der Waals surface area contributed by atoms with E-state index in [9.17, 15) is 14.9 Å². The van der Waals surface area contributed by atoms with Crippen molar-refractivity contribution < 1.29 is 14.3 Å². The number of allylic oxidation sites excluding steroid dienone is 4. The monoisotopic (exact) mass is 365 g/mol. The first-order valence-electron chi connectivity index (χ1n) is 10.4. The minimum atomic E-state index is -0.509. The van der Waals surface area contributed by atoms with Gasteiger partial charge in [0.15, 0.2) is 5.78 Å². The number of hydrogen-bond donors (Lipinski definition) is 0. The zero-order valence-corrected chi connectivity index (χ0v) is 16.2. The lowest BCUT2D eigenvalue weighted by molar-refractivity contribution is -0.165. The van der Waals surface area contributed by atoms with Crippen molar-refractivity contribution in [1.29, 1.82) is 5.26 Å². The van der Waals surface area contributed by atoms with E-state index in [0.717, 1.165) is 37.7 Å². The summed E-state index contributed by atoms with van der Waals surface area (Å²) in [5.41, 5.74) is 0.796. The zero-order chi connectivity index (χ0) is 19.0. The van der Waals surface area contributed by atoms with Gasteiger partial charge in [-0.1, -0.05) is 26.0 Å². The second kappa shape index (κ2) is 5.34. The van der Waals surface area contributed by atoms with Crippen molar-refractivity contribution in [3.63, 3.8) is 0 Å². The minimum Gasteiger partial charge on any atom is -0.458 e. The van der Waals surface area contributed by atoms with Gasteiger partial charge in [0.1, 0.15) is 11.5 Å². The summed E-state index contributed by atoms with van der Waals surface area (Å²) in [6.07, 6.45) is 12.5. The van der Waals surface area contributed by atoms with Crippen molar-refractivity contribution in [2.75, 3.05) is 0 Å². The van der Waals surface area contributed by atoms with Crippen molar-refractivity contribution >= 4 is 11.8 Å². The molecule has 1 aliphatic heterocycles. The smallest absolute Gasteiger partial charge is 0.306 e. The Morgan fingerprint density at radius 2 is 1.93 bits per heavy atom. The normalized spacial score (nSPS) is 50.5. The Labute approximate surface area is 160 Å². The van der Waals surface area contributed by atoms with Crippen molar-refractivity contribution in [3.05, 3.63) is 23.8 Å². The van der Waals surface area contributed by atoms with Crippen molar-refractivity contribution in [2.24, 2.45) is 34.5 Å². The Kier molecular flexibility index (Phi) is 3.41. The van der Waals surface area contributed by atoms with Gasteiger partial charge in [-0.25, -0.2) is 0 Å². The largest absolute Gasteiger partial charge is 0.458 e. The Balaban J connectivity index is 1.53. The summed E-state index contributed by atoms with van der Waals surface area (Å²) < 4.78 is 5.98. The Hall–Kier alpha value is -1.89. The first-order chi connectivity index (χ1) is 12.8. The van der Waals surface area contributed by atoms with E-state index in [1.165, 1.54) is 0 Å². The molecule has 0 N–H and O–H groups in total. The third kappa shape index (κ3) is 2.03. The van der Waals surface area contributed by atoms with Crippen LogP contribution in [0, 0.1) is 45.8 Å². The summed E-state index contributed by atoms with van der Waals surface area (Å²) in [6.45, 7) is 4.61. The van der Waals surface area contributed by atoms with Gasteiger partial charge in [0.05, 0.1) is 6.07 Å². The van der Waals surface area contributed by atoms with Gasteiger partial charge in [-0.15, -0.1) is 0 Å². The molecule has 7 atom stereocenters. The van der Waals surface area contributed by atoms with Crippen LogP contribution in [0.5, 0.6) is 0 Å². The number of ketones is 1. The van der Waals surface area contributed by atoms with Gasteiger partial charge in [-0.2, -0.15) is 5.26 Å². The van der Waals surface area contributed by atoms with Gasteiger partial charge in [-0.3, -0.25) is 9.59 Å². The molecule has 0 unspecified atom stereocenters. The van der Waals surface area contributed by atoms with Crippen LogP contribution in [0.25, 0.3) is 0 Å². The molecule has 5 aliphatic rings. The van der Waals surface area contributed by atoms with Gasteiger partial charge < -0.3 is 4.74 Å². The molecule has 0 aromatic carbocycles. The fourth-order valence-corrected chi connectivity index (χ4v) is 7.49. The number of carbonyl (C=O) groups is 2. The Morgan fingerprint density at radius 1 is 1.15 bits per heavy atom. The molecule has 2 saturated carbocycles. The quantitative estimate of drug-likeness (QED) is 0.606. The highest BCUT2D eigenvalue weighted by Crippen LogP contribution is 2.68. The van der Waals surface area contributed by atoms with Crippen LogP contribution in [0.1, 0.15) is 58.8 Å². The highest BCUT2D eigenvalue weighted by atomic mass is 16.6. The zero-order valence-electron chi connectivity index (χ0n) is 16.2. The summed E-state index contributed by atoms with van der Waals surface area (Å²) in [5.74, 6) is 0.837. The minimum absolute atomic E-state index is 0.0296. The SMILES string of the molecule is C[C@]12C[C@@H](C#N)C(=O)C=C1C=C[C@@H]1[C@@H]2CC[C@@]2(C)[C@H]1CC[C@@]21CCC(=O)O1. The van der Waals surface area contributed by atoms with E-state index in [4.69, 9.17) is 4.74 Å². The van der Waals surface area contributed by atoms with E-state index in [1.807, 2.05) is 0 Å². The average Bonchev–Trinajstić information content (AvgIpc) is 3.16. The van der Waals surface area contributed by atoms with Crippen LogP contribution >= 0.6 is 0 Å². The number of nitrogens with zero attached hydrogens (tertiary/aromatic N) is 1. The van der Waals surface area contributed by atoms with Crippen LogP contribution in [0.3, 0.4) is 0 Å². The van der Waals surface area contributed by atoms with E-state index < -0.39 is 5.92 Å². The molecule has 142 valence electrons. The number of fused-ring (bicyclic) bond motifs is 6. The maximum atomic E-state index is 12.2. The van der Waals surface area contributed by atoms with Gasteiger partial charge in [-0.05, 0) is 73.3 Å². The van der Waals surface area contributed by atoms with Crippen LogP contribution in [-0.4, -0.2) is 17.4 Å². The molecule has 1 spiro atoms. The van der Waals surface area contributed by atoms with Crippen molar-refractivity contribution in [1.82, 2.24) is 0 Å². The summed E-state index contributed by atoms with van der Waals surface area (Å²) in [6, 6.07) is 2.23. The molecule has 0 radical (unpaired) electrons. The standard InChI is InChI=1S/C23H27NO3/c1-21-12-14(13-24)19(25)11-15(21)3-4-16-17(21)5-8-22(2)18(16)6-9-23(22)10-7-20(26)27-23/h3-4,11,14,16-18H,5-10,12H2,1-2H3/t14-,16+,17-,18-,21-,22-,23+/m0/s1. The van der Waals surface area contributed by atoms with Gasteiger partial charge in [0.25, 0.3) is 0 Å².